The molecule has 0 saturated carbocycles. The van der Waals surface area contributed by atoms with Crippen molar-refractivity contribution in [1.29, 1.82) is 0 Å². The number of halogens is 2. The largest absolute Gasteiger partial charge is 0.352 e. The highest BCUT2D eigenvalue weighted by atomic mass is 35.5. The molecular weight excluding hydrogens is 411 g/mol. The number of carbonyl (C=O) groups is 2. The molecule has 0 fully saturated rings. The van der Waals surface area contributed by atoms with Gasteiger partial charge in [0.1, 0.15) is 0 Å². The number of carbonyl (C=O) groups excluding carboxylic acids is 2. The molecule has 8 heteroatoms. The van der Waals surface area contributed by atoms with Crippen LogP contribution in [0.25, 0.3) is 0 Å². The first kappa shape index (κ1) is 26.9. The van der Waals surface area contributed by atoms with E-state index in [0.29, 0.717) is 18.7 Å². The van der Waals surface area contributed by atoms with Gasteiger partial charge in [0.15, 0.2) is 0 Å². The lowest BCUT2D eigenvalue weighted by molar-refractivity contribution is -0.121. The molecule has 0 spiro atoms. The lowest BCUT2D eigenvalue weighted by atomic mass is 10.0. The first-order valence-electron chi connectivity index (χ1n) is 9.05. The summed E-state index contributed by atoms with van der Waals surface area (Å²) in [6, 6.07) is 16.5. The average Bonchev–Trinajstić information content (AvgIpc) is 2.67. The molecule has 0 aliphatic rings. The summed E-state index contributed by atoms with van der Waals surface area (Å²) in [4.78, 5) is 26.1. The minimum absolute atomic E-state index is 0. The number of amides is 2. The van der Waals surface area contributed by atoms with Crippen molar-refractivity contribution in [2.24, 2.45) is 5.73 Å². The normalized spacial score (nSPS) is 11.0. The summed E-state index contributed by atoms with van der Waals surface area (Å²) in [5.41, 5.74) is 8.55. The fourth-order valence-corrected chi connectivity index (χ4v) is 2.56. The number of nitrogens with zero attached hydrogens (tertiary/aromatic N) is 1. The second-order valence-electron chi connectivity index (χ2n) is 6.75. The quantitative estimate of drug-likeness (QED) is 0.558. The summed E-state index contributed by atoms with van der Waals surface area (Å²) in [5.74, 6) is -0.196. The van der Waals surface area contributed by atoms with Crippen LogP contribution in [0.2, 0.25) is 0 Å². The minimum atomic E-state index is -0.320. The van der Waals surface area contributed by atoms with Gasteiger partial charge in [0.25, 0.3) is 5.91 Å². The number of rotatable bonds is 9. The molecule has 6 nitrogen and oxygen atoms in total. The maximum atomic E-state index is 12.1. The van der Waals surface area contributed by atoms with Gasteiger partial charge in [-0.25, -0.2) is 0 Å². The van der Waals surface area contributed by atoms with E-state index in [9.17, 15) is 9.59 Å². The molecule has 29 heavy (non-hydrogen) atoms. The molecule has 0 heterocycles. The van der Waals surface area contributed by atoms with Gasteiger partial charge in [0.2, 0.25) is 5.91 Å². The van der Waals surface area contributed by atoms with Gasteiger partial charge in [-0.15, -0.1) is 24.8 Å². The summed E-state index contributed by atoms with van der Waals surface area (Å²) in [5, 5.41) is 5.74. The van der Waals surface area contributed by atoms with Crippen molar-refractivity contribution < 1.29 is 9.59 Å². The molecule has 2 aromatic rings. The number of likely N-dealkylation sites (N-methyl/N-ethyl adjacent to an activating group) is 1. The van der Waals surface area contributed by atoms with E-state index in [1.165, 1.54) is 0 Å². The van der Waals surface area contributed by atoms with Crippen LogP contribution in [0.1, 0.15) is 33.9 Å². The van der Waals surface area contributed by atoms with Gasteiger partial charge in [-0.2, -0.15) is 0 Å². The fraction of sp³-hybridized carbons (Fsp3) is 0.333. The zero-order valence-electron chi connectivity index (χ0n) is 16.8. The molecule has 0 aliphatic heterocycles. The molecule has 1 unspecified atom stereocenters. The Morgan fingerprint density at radius 2 is 1.59 bits per heavy atom. The van der Waals surface area contributed by atoms with E-state index in [-0.39, 0.29) is 49.1 Å². The van der Waals surface area contributed by atoms with Crippen molar-refractivity contribution in [3.63, 3.8) is 0 Å². The third-order valence-corrected chi connectivity index (χ3v) is 4.18. The van der Waals surface area contributed by atoms with Crippen LogP contribution in [-0.2, 0) is 11.3 Å². The SMILES string of the molecule is CN(C)CCNC(=O)c1ccc(CNC(=O)CC(N)c2ccccc2)cc1.Cl.Cl. The molecule has 160 valence electrons. The van der Waals surface area contributed by atoms with Crippen molar-refractivity contribution in [2.75, 3.05) is 27.2 Å². The Morgan fingerprint density at radius 3 is 2.17 bits per heavy atom. The zero-order valence-corrected chi connectivity index (χ0v) is 18.4. The molecule has 4 N–H and O–H groups in total. The Bertz CT molecular complexity index is 740. The molecule has 0 aromatic heterocycles. The lowest BCUT2D eigenvalue weighted by Gasteiger charge is -2.12. The van der Waals surface area contributed by atoms with Crippen LogP contribution in [0.3, 0.4) is 0 Å². The Morgan fingerprint density at radius 1 is 0.966 bits per heavy atom. The molecule has 2 aromatic carbocycles. The van der Waals surface area contributed by atoms with Gasteiger partial charge >= 0.3 is 0 Å². The van der Waals surface area contributed by atoms with Gasteiger partial charge < -0.3 is 21.3 Å². The standard InChI is InChI=1S/C21H28N4O2.2ClH/c1-25(2)13-12-23-21(27)18-10-8-16(9-11-18)15-24-20(26)14-19(22)17-6-4-3-5-7-17;;/h3-11,19H,12-15,22H2,1-2H3,(H,23,27)(H,24,26);2*1H. The highest BCUT2D eigenvalue weighted by molar-refractivity contribution is 5.94. The van der Waals surface area contributed by atoms with E-state index in [4.69, 9.17) is 5.73 Å². The number of nitrogens with one attached hydrogen (secondary N) is 2. The molecule has 2 rings (SSSR count). The first-order valence-corrected chi connectivity index (χ1v) is 9.05. The third-order valence-electron chi connectivity index (χ3n) is 4.18. The van der Waals surface area contributed by atoms with Gasteiger partial charge in [-0.05, 0) is 37.4 Å². The van der Waals surface area contributed by atoms with Crippen LogP contribution in [0.5, 0.6) is 0 Å². The predicted molar refractivity (Wildman–Crippen MR) is 122 cm³/mol. The third kappa shape index (κ3) is 9.76. The molecule has 0 saturated heterocycles. The number of benzene rings is 2. The lowest BCUT2D eigenvalue weighted by Crippen LogP contribution is -2.31. The summed E-state index contributed by atoms with van der Waals surface area (Å²) < 4.78 is 0. The summed E-state index contributed by atoms with van der Waals surface area (Å²) >= 11 is 0. The smallest absolute Gasteiger partial charge is 0.251 e. The van der Waals surface area contributed by atoms with Gasteiger partial charge in [-0.1, -0.05) is 42.5 Å². The number of hydrogen-bond acceptors (Lipinski definition) is 4. The van der Waals surface area contributed by atoms with Gasteiger partial charge in [-0.3, -0.25) is 9.59 Å². The first-order chi connectivity index (χ1) is 13.0. The minimum Gasteiger partial charge on any atom is -0.352 e. The second-order valence-corrected chi connectivity index (χ2v) is 6.75. The molecule has 1 atom stereocenters. The van der Waals surface area contributed by atoms with Gasteiger partial charge in [0.05, 0.1) is 0 Å². The average molecular weight is 441 g/mol. The highest BCUT2D eigenvalue weighted by Crippen LogP contribution is 2.13. The van der Waals surface area contributed by atoms with E-state index < -0.39 is 0 Å². The Balaban J connectivity index is 0.00000392. The van der Waals surface area contributed by atoms with E-state index in [1.807, 2.05) is 61.5 Å². The van der Waals surface area contributed by atoms with Crippen molar-refractivity contribution in [3.8, 4) is 0 Å². The van der Waals surface area contributed by atoms with Crippen molar-refractivity contribution in [3.05, 3.63) is 71.3 Å². The highest BCUT2D eigenvalue weighted by Gasteiger charge is 2.11. The molecule has 0 bridgehead atoms. The Kier molecular flexibility index (Phi) is 12.9. The van der Waals surface area contributed by atoms with E-state index in [1.54, 1.807) is 12.1 Å². The Labute approximate surface area is 185 Å². The summed E-state index contributed by atoms with van der Waals surface area (Å²) in [6.07, 6.45) is 0.233. The van der Waals surface area contributed by atoms with Crippen molar-refractivity contribution in [1.82, 2.24) is 15.5 Å². The number of hydrogen-bond donors (Lipinski definition) is 3. The van der Waals surface area contributed by atoms with E-state index in [0.717, 1.165) is 17.7 Å². The topological polar surface area (TPSA) is 87.5 Å². The van der Waals surface area contributed by atoms with Crippen LogP contribution in [0, 0.1) is 0 Å². The number of nitrogens with two attached hydrogens (primary N) is 1. The monoisotopic (exact) mass is 440 g/mol. The van der Waals surface area contributed by atoms with Gasteiger partial charge in [0, 0.05) is 37.7 Å². The molecule has 0 radical (unpaired) electrons. The van der Waals surface area contributed by atoms with Crippen LogP contribution in [-0.4, -0.2) is 43.9 Å². The second kappa shape index (κ2) is 14.0. The zero-order chi connectivity index (χ0) is 19.6. The summed E-state index contributed by atoms with van der Waals surface area (Å²) in [7, 11) is 3.92. The van der Waals surface area contributed by atoms with Crippen LogP contribution in [0.15, 0.2) is 54.6 Å². The van der Waals surface area contributed by atoms with Crippen molar-refractivity contribution in [2.45, 2.75) is 19.0 Å². The Hall–Kier alpha value is -2.12. The maximum absolute atomic E-state index is 12.1. The van der Waals surface area contributed by atoms with Crippen molar-refractivity contribution >= 4 is 36.6 Å². The maximum Gasteiger partial charge on any atom is 0.251 e. The van der Waals surface area contributed by atoms with Crippen LogP contribution in [0.4, 0.5) is 0 Å². The molecular formula is C21H30Cl2N4O2. The summed E-state index contributed by atoms with van der Waals surface area (Å²) in [6.45, 7) is 1.80. The van der Waals surface area contributed by atoms with E-state index in [2.05, 4.69) is 10.6 Å². The fourth-order valence-electron chi connectivity index (χ4n) is 2.56. The molecule has 0 aliphatic carbocycles. The van der Waals surface area contributed by atoms with Crippen LogP contribution < -0.4 is 16.4 Å². The van der Waals surface area contributed by atoms with Crippen LogP contribution >= 0.6 is 24.8 Å². The van der Waals surface area contributed by atoms with E-state index >= 15 is 0 Å². The molecule has 2 amide bonds. The predicted octanol–water partition coefficient (Wildman–Crippen LogP) is 2.53.